The van der Waals surface area contributed by atoms with Gasteiger partial charge in [-0.25, -0.2) is 4.79 Å². The van der Waals surface area contributed by atoms with Crippen LogP contribution in [0.15, 0.2) is 0 Å². The Balaban J connectivity index is 2.97. The maximum Gasteiger partial charge on any atom is 0.320 e. The van der Waals surface area contributed by atoms with Crippen LogP contribution in [0.3, 0.4) is 0 Å². The normalized spacial score (nSPS) is 19.7. The molecule has 24 heavy (non-hydrogen) atoms. The summed E-state index contributed by atoms with van der Waals surface area (Å²) in [4.78, 5) is 17.4. The molecule has 4 heteroatoms. The van der Waals surface area contributed by atoms with Gasteiger partial charge in [0.25, 0.3) is 0 Å². The second kappa shape index (κ2) is 7.94. The molecule has 142 valence electrons. The average Bonchev–Trinajstić information content (AvgIpc) is 2.79. The van der Waals surface area contributed by atoms with Crippen molar-refractivity contribution in [2.75, 3.05) is 12.7 Å². The Morgan fingerprint density at radius 1 is 1.04 bits per heavy atom. The molecule has 0 spiro atoms. The third-order valence-corrected chi connectivity index (χ3v) is 8.99. The largest absolute Gasteiger partial charge is 0.321 e. The van der Waals surface area contributed by atoms with E-state index in [9.17, 15) is 4.79 Å². The van der Waals surface area contributed by atoms with Gasteiger partial charge < -0.3 is 9.80 Å². The van der Waals surface area contributed by atoms with Crippen LogP contribution in [-0.4, -0.2) is 57.0 Å². The SMILES string of the molecule is CC(C)N(C(=O)N1CCC[C@H]1CP(C(C)(C)C)C(C)(C)C)C(C)C. The van der Waals surface area contributed by atoms with Crippen molar-refractivity contribution in [1.29, 1.82) is 0 Å². The van der Waals surface area contributed by atoms with Crippen LogP contribution >= 0.6 is 7.92 Å². The van der Waals surface area contributed by atoms with E-state index in [0.717, 1.165) is 13.0 Å². The lowest BCUT2D eigenvalue weighted by Gasteiger charge is -2.45. The smallest absolute Gasteiger partial charge is 0.320 e. The van der Waals surface area contributed by atoms with E-state index < -0.39 is 0 Å². The Morgan fingerprint density at radius 2 is 1.50 bits per heavy atom. The van der Waals surface area contributed by atoms with Gasteiger partial charge in [-0.1, -0.05) is 49.5 Å². The molecule has 1 rings (SSSR count). The second-order valence-electron chi connectivity index (χ2n) is 9.82. The van der Waals surface area contributed by atoms with Crippen LogP contribution in [0.4, 0.5) is 4.79 Å². The van der Waals surface area contributed by atoms with Crippen molar-refractivity contribution in [2.45, 2.75) is 111 Å². The molecule has 1 saturated heterocycles. The Hall–Kier alpha value is -0.300. The Morgan fingerprint density at radius 3 is 1.88 bits per heavy atom. The highest BCUT2D eigenvalue weighted by atomic mass is 31.1. The second-order valence-corrected chi connectivity index (χ2v) is 13.7. The minimum Gasteiger partial charge on any atom is -0.321 e. The molecule has 1 atom stereocenters. The molecule has 0 aromatic heterocycles. The van der Waals surface area contributed by atoms with E-state index in [1.807, 2.05) is 0 Å². The predicted octanol–water partition coefficient (Wildman–Crippen LogP) is 5.77. The first-order valence-corrected chi connectivity index (χ1v) is 11.2. The number of carbonyl (C=O) groups is 1. The van der Waals surface area contributed by atoms with Crippen LogP contribution in [0.5, 0.6) is 0 Å². The highest BCUT2D eigenvalue weighted by molar-refractivity contribution is 7.60. The highest BCUT2D eigenvalue weighted by Gasteiger charge is 2.40. The summed E-state index contributed by atoms with van der Waals surface area (Å²) in [6.07, 6.45) is 3.50. The fourth-order valence-corrected chi connectivity index (χ4v) is 8.14. The third kappa shape index (κ3) is 5.35. The zero-order chi connectivity index (χ0) is 18.9. The van der Waals surface area contributed by atoms with Gasteiger partial charge in [0.1, 0.15) is 0 Å². The van der Waals surface area contributed by atoms with Crippen molar-refractivity contribution in [2.24, 2.45) is 0 Å². The molecule has 1 heterocycles. The molecule has 2 amide bonds. The summed E-state index contributed by atoms with van der Waals surface area (Å²) in [5.74, 6) is 0. The topological polar surface area (TPSA) is 23.6 Å². The van der Waals surface area contributed by atoms with Gasteiger partial charge in [0.05, 0.1) is 0 Å². The van der Waals surface area contributed by atoms with E-state index in [1.54, 1.807) is 0 Å². The van der Waals surface area contributed by atoms with E-state index in [1.165, 1.54) is 12.6 Å². The number of urea groups is 1. The summed E-state index contributed by atoms with van der Waals surface area (Å²) in [6, 6.07) is 1.18. The lowest BCUT2D eigenvalue weighted by Crippen LogP contribution is -2.52. The first-order valence-electron chi connectivity index (χ1n) is 9.63. The van der Waals surface area contributed by atoms with Crippen LogP contribution in [0.25, 0.3) is 0 Å². The van der Waals surface area contributed by atoms with Crippen molar-refractivity contribution in [3.05, 3.63) is 0 Å². The van der Waals surface area contributed by atoms with Gasteiger partial charge in [0.2, 0.25) is 0 Å². The van der Waals surface area contributed by atoms with E-state index in [0.29, 0.717) is 16.4 Å². The summed E-state index contributed by atoms with van der Waals surface area (Å²) in [7, 11) is -0.168. The minimum absolute atomic E-state index is 0.168. The van der Waals surface area contributed by atoms with Crippen LogP contribution in [-0.2, 0) is 0 Å². The van der Waals surface area contributed by atoms with Crippen molar-refractivity contribution in [3.63, 3.8) is 0 Å². The molecule has 1 aliphatic rings. The molecule has 0 aliphatic carbocycles. The van der Waals surface area contributed by atoms with E-state index in [2.05, 4.69) is 79.0 Å². The predicted molar refractivity (Wildman–Crippen MR) is 109 cm³/mol. The first kappa shape index (κ1) is 21.7. The van der Waals surface area contributed by atoms with Gasteiger partial charge in [0.15, 0.2) is 0 Å². The summed E-state index contributed by atoms with van der Waals surface area (Å²) < 4.78 is 0. The van der Waals surface area contributed by atoms with Crippen LogP contribution in [0.2, 0.25) is 0 Å². The lowest BCUT2D eigenvalue weighted by molar-refractivity contribution is 0.123. The number of nitrogens with zero attached hydrogens (tertiary/aromatic N) is 2. The highest BCUT2D eigenvalue weighted by Crippen LogP contribution is 2.60. The van der Waals surface area contributed by atoms with Crippen molar-refractivity contribution >= 4 is 14.0 Å². The molecule has 0 saturated carbocycles. The number of likely N-dealkylation sites (tertiary alicyclic amines) is 1. The van der Waals surface area contributed by atoms with Gasteiger partial charge in [0, 0.05) is 24.7 Å². The monoisotopic (exact) mass is 356 g/mol. The maximum atomic E-state index is 13.2. The van der Waals surface area contributed by atoms with Crippen LogP contribution in [0, 0.1) is 0 Å². The molecule has 0 radical (unpaired) electrons. The summed E-state index contributed by atoms with van der Waals surface area (Å²) in [5, 5.41) is 0.640. The van der Waals surface area contributed by atoms with E-state index in [4.69, 9.17) is 0 Å². The Kier molecular flexibility index (Phi) is 7.19. The summed E-state index contributed by atoms with van der Waals surface area (Å²) >= 11 is 0. The number of rotatable bonds is 4. The Bertz CT molecular complexity index is 398. The van der Waals surface area contributed by atoms with Crippen molar-refractivity contribution < 1.29 is 4.79 Å². The molecule has 3 nitrogen and oxygen atoms in total. The fraction of sp³-hybridized carbons (Fsp3) is 0.950. The molecular weight excluding hydrogens is 315 g/mol. The average molecular weight is 357 g/mol. The van der Waals surface area contributed by atoms with Gasteiger partial charge >= 0.3 is 6.03 Å². The molecule has 1 fully saturated rings. The van der Waals surface area contributed by atoms with Gasteiger partial charge in [-0.3, -0.25) is 0 Å². The van der Waals surface area contributed by atoms with Crippen LogP contribution in [0.1, 0.15) is 82.1 Å². The molecule has 0 aromatic rings. The van der Waals surface area contributed by atoms with E-state index in [-0.39, 0.29) is 26.0 Å². The standard InChI is InChI=1S/C20H41N2OP/c1-15(2)22(16(3)4)18(23)21-13-11-12-17(21)14-24(19(5,6)7)20(8,9)10/h15-17H,11-14H2,1-10H3/t17-/m0/s1. The quantitative estimate of drug-likeness (QED) is 0.587. The lowest BCUT2D eigenvalue weighted by atomic mass is 10.2. The summed E-state index contributed by atoms with van der Waals surface area (Å²) in [6.45, 7) is 23.7. The fourth-order valence-electron chi connectivity index (χ4n) is 4.23. The molecule has 1 aliphatic heterocycles. The first-order chi connectivity index (χ1) is 10.8. The van der Waals surface area contributed by atoms with E-state index >= 15 is 0 Å². The van der Waals surface area contributed by atoms with Gasteiger partial charge in [-0.05, 0) is 57.0 Å². The van der Waals surface area contributed by atoms with Crippen LogP contribution < -0.4 is 0 Å². The number of carbonyl (C=O) groups excluding carboxylic acids is 1. The molecule has 0 aromatic carbocycles. The molecule has 0 bridgehead atoms. The zero-order valence-corrected chi connectivity index (χ0v) is 18.7. The van der Waals surface area contributed by atoms with Gasteiger partial charge in [-0.15, -0.1) is 0 Å². The third-order valence-electron chi connectivity index (χ3n) is 4.97. The molecular formula is C20H41N2OP. The maximum absolute atomic E-state index is 13.2. The molecule has 0 N–H and O–H groups in total. The molecule has 0 unspecified atom stereocenters. The van der Waals surface area contributed by atoms with Gasteiger partial charge in [-0.2, -0.15) is 0 Å². The minimum atomic E-state index is -0.168. The number of amides is 2. The van der Waals surface area contributed by atoms with Crippen molar-refractivity contribution in [3.8, 4) is 0 Å². The zero-order valence-electron chi connectivity index (χ0n) is 17.8. The Labute approximate surface area is 152 Å². The number of hydrogen-bond donors (Lipinski definition) is 0. The summed E-state index contributed by atoms with van der Waals surface area (Å²) in [5.41, 5.74) is 0. The van der Waals surface area contributed by atoms with Crippen molar-refractivity contribution in [1.82, 2.24) is 9.80 Å². The number of hydrogen-bond acceptors (Lipinski definition) is 1.